The molecule has 0 aliphatic heterocycles. The predicted molar refractivity (Wildman–Crippen MR) is 75.5 cm³/mol. The van der Waals surface area contributed by atoms with Crippen molar-refractivity contribution in [2.45, 2.75) is 6.42 Å². The number of hydrogen-bond donors (Lipinski definition) is 2. The summed E-state index contributed by atoms with van der Waals surface area (Å²) in [5.74, 6) is -1.24. The molecule has 20 heavy (non-hydrogen) atoms. The highest BCUT2D eigenvalue weighted by molar-refractivity contribution is 9.10. The second kappa shape index (κ2) is 6.25. The van der Waals surface area contributed by atoms with Crippen molar-refractivity contribution in [1.82, 2.24) is 9.97 Å². The summed E-state index contributed by atoms with van der Waals surface area (Å²) in [7, 11) is 0. The van der Waals surface area contributed by atoms with Crippen LogP contribution in [0, 0.1) is 0 Å². The highest BCUT2D eigenvalue weighted by atomic mass is 79.9. The first kappa shape index (κ1) is 14.1. The van der Waals surface area contributed by atoms with E-state index in [1.807, 2.05) is 0 Å². The first-order valence-electron chi connectivity index (χ1n) is 5.64. The first-order valence-corrected chi connectivity index (χ1v) is 6.43. The molecule has 0 saturated carbocycles. The van der Waals surface area contributed by atoms with Crippen molar-refractivity contribution in [3.63, 3.8) is 0 Å². The molecule has 0 aliphatic rings. The van der Waals surface area contributed by atoms with Gasteiger partial charge in [0.05, 0.1) is 24.0 Å². The number of aliphatic carboxylic acids is 1. The van der Waals surface area contributed by atoms with Crippen LogP contribution in [-0.2, 0) is 11.2 Å². The molecule has 1 amide bonds. The van der Waals surface area contributed by atoms with Gasteiger partial charge in [-0.3, -0.25) is 14.6 Å². The SMILES string of the molecule is O=C(O)Cc1ccc(NC(=O)c2ccnc(Br)c2)cn1. The molecule has 0 atom stereocenters. The zero-order valence-electron chi connectivity index (χ0n) is 10.2. The number of carbonyl (C=O) groups excluding carboxylic acids is 1. The number of aromatic nitrogens is 2. The summed E-state index contributed by atoms with van der Waals surface area (Å²) in [6.45, 7) is 0. The molecule has 0 bridgehead atoms. The lowest BCUT2D eigenvalue weighted by molar-refractivity contribution is -0.136. The maximum atomic E-state index is 11.9. The minimum absolute atomic E-state index is 0.147. The lowest BCUT2D eigenvalue weighted by atomic mass is 10.2. The summed E-state index contributed by atoms with van der Waals surface area (Å²) < 4.78 is 0.570. The van der Waals surface area contributed by atoms with E-state index >= 15 is 0 Å². The van der Waals surface area contributed by atoms with Crippen molar-refractivity contribution in [2.75, 3.05) is 5.32 Å². The molecule has 102 valence electrons. The van der Waals surface area contributed by atoms with Crippen molar-refractivity contribution in [1.29, 1.82) is 0 Å². The smallest absolute Gasteiger partial charge is 0.309 e. The van der Waals surface area contributed by atoms with Gasteiger partial charge in [-0.2, -0.15) is 0 Å². The Kier molecular flexibility index (Phi) is 4.41. The van der Waals surface area contributed by atoms with Crippen LogP contribution < -0.4 is 5.32 Å². The molecule has 2 N–H and O–H groups in total. The van der Waals surface area contributed by atoms with E-state index in [9.17, 15) is 9.59 Å². The fourth-order valence-corrected chi connectivity index (χ4v) is 1.87. The number of carboxylic acids is 1. The number of carbonyl (C=O) groups is 2. The number of amides is 1. The van der Waals surface area contributed by atoms with Gasteiger partial charge < -0.3 is 10.4 Å². The van der Waals surface area contributed by atoms with Gasteiger partial charge in [-0.25, -0.2) is 4.98 Å². The van der Waals surface area contributed by atoms with Crippen LogP contribution in [0.15, 0.2) is 41.3 Å². The number of nitrogens with one attached hydrogen (secondary N) is 1. The van der Waals surface area contributed by atoms with E-state index in [0.29, 0.717) is 21.5 Å². The number of nitrogens with zero attached hydrogens (tertiary/aromatic N) is 2. The minimum atomic E-state index is -0.948. The van der Waals surface area contributed by atoms with Crippen molar-refractivity contribution in [3.05, 3.63) is 52.5 Å². The molecule has 0 aliphatic carbocycles. The molecule has 0 spiro atoms. The molecule has 0 unspecified atom stereocenters. The zero-order chi connectivity index (χ0) is 14.5. The number of rotatable bonds is 4. The molecule has 0 saturated heterocycles. The molecule has 7 heteroatoms. The number of halogens is 1. The van der Waals surface area contributed by atoms with Gasteiger partial charge in [-0.15, -0.1) is 0 Å². The van der Waals surface area contributed by atoms with E-state index in [0.717, 1.165) is 0 Å². The van der Waals surface area contributed by atoms with Crippen molar-refractivity contribution >= 4 is 33.5 Å². The normalized spacial score (nSPS) is 10.1. The van der Waals surface area contributed by atoms with Crippen molar-refractivity contribution in [3.8, 4) is 0 Å². The van der Waals surface area contributed by atoms with E-state index in [-0.39, 0.29) is 12.3 Å². The second-order valence-electron chi connectivity index (χ2n) is 3.93. The van der Waals surface area contributed by atoms with Gasteiger partial charge in [0.2, 0.25) is 0 Å². The molecular formula is C13H10BrN3O3. The molecule has 2 aromatic heterocycles. The maximum absolute atomic E-state index is 11.9. The summed E-state index contributed by atoms with van der Waals surface area (Å²) in [4.78, 5) is 30.4. The fraction of sp³-hybridized carbons (Fsp3) is 0.0769. The van der Waals surface area contributed by atoms with Crippen LogP contribution in [0.25, 0.3) is 0 Å². The zero-order valence-corrected chi connectivity index (χ0v) is 11.8. The third kappa shape index (κ3) is 3.86. The molecule has 2 aromatic rings. The van der Waals surface area contributed by atoms with E-state index in [1.54, 1.807) is 24.3 Å². The Morgan fingerprint density at radius 3 is 2.65 bits per heavy atom. The molecule has 0 fully saturated rings. The Hall–Kier alpha value is -2.28. The molecule has 0 radical (unpaired) electrons. The third-order valence-corrected chi connectivity index (χ3v) is 2.84. The molecule has 2 rings (SSSR count). The predicted octanol–water partition coefficient (Wildman–Crippen LogP) is 2.12. The lowest BCUT2D eigenvalue weighted by Gasteiger charge is -2.05. The topological polar surface area (TPSA) is 92.2 Å². The van der Waals surface area contributed by atoms with Gasteiger partial charge >= 0.3 is 5.97 Å². The molecule has 2 heterocycles. The summed E-state index contributed by atoms with van der Waals surface area (Å²) in [6.07, 6.45) is 2.80. The number of hydrogen-bond acceptors (Lipinski definition) is 4. The Balaban J connectivity index is 2.06. The lowest BCUT2D eigenvalue weighted by Crippen LogP contribution is -2.12. The Bertz CT molecular complexity index is 644. The Labute approximate surface area is 123 Å². The number of anilines is 1. The van der Waals surface area contributed by atoms with Crippen LogP contribution in [0.1, 0.15) is 16.1 Å². The van der Waals surface area contributed by atoms with E-state index in [4.69, 9.17) is 5.11 Å². The van der Waals surface area contributed by atoms with Crippen LogP contribution >= 0.6 is 15.9 Å². The summed E-state index contributed by atoms with van der Waals surface area (Å²) in [5.41, 5.74) is 1.39. The second-order valence-corrected chi connectivity index (χ2v) is 4.74. The first-order chi connectivity index (χ1) is 9.54. The van der Waals surface area contributed by atoms with Crippen LogP contribution in [0.2, 0.25) is 0 Å². The van der Waals surface area contributed by atoms with Crippen molar-refractivity contribution < 1.29 is 14.7 Å². The fourth-order valence-electron chi connectivity index (χ4n) is 1.50. The molecule has 6 nitrogen and oxygen atoms in total. The quantitative estimate of drug-likeness (QED) is 0.835. The standard InChI is InChI=1S/C13H10BrN3O3/c14-11-5-8(3-4-15-11)13(20)17-10-2-1-9(16-7-10)6-12(18)19/h1-5,7H,6H2,(H,17,20)(H,18,19). The minimum Gasteiger partial charge on any atom is -0.481 e. The van der Waals surface area contributed by atoms with Crippen LogP contribution in [0.4, 0.5) is 5.69 Å². The van der Waals surface area contributed by atoms with Gasteiger partial charge in [-0.05, 0) is 40.2 Å². The monoisotopic (exact) mass is 335 g/mol. The summed E-state index contributed by atoms with van der Waals surface area (Å²) >= 11 is 3.19. The van der Waals surface area contributed by atoms with Crippen LogP contribution in [-0.4, -0.2) is 27.0 Å². The number of pyridine rings is 2. The third-order valence-electron chi connectivity index (χ3n) is 2.40. The summed E-state index contributed by atoms with van der Waals surface area (Å²) in [6, 6.07) is 6.36. The average Bonchev–Trinajstić information content (AvgIpc) is 2.40. The average molecular weight is 336 g/mol. The Morgan fingerprint density at radius 1 is 1.25 bits per heavy atom. The molecule has 0 aromatic carbocycles. The van der Waals surface area contributed by atoms with Gasteiger partial charge in [0.25, 0.3) is 5.91 Å². The van der Waals surface area contributed by atoms with E-state index in [1.165, 1.54) is 12.4 Å². The molecular weight excluding hydrogens is 326 g/mol. The van der Waals surface area contributed by atoms with E-state index in [2.05, 4.69) is 31.2 Å². The number of carboxylic acid groups (broad SMARTS) is 1. The van der Waals surface area contributed by atoms with E-state index < -0.39 is 5.97 Å². The van der Waals surface area contributed by atoms with Crippen LogP contribution in [0.5, 0.6) is 0 Å². The Morgan fingerprint density at radius 2 is 2.05 bits per heavy atom. The van der Waals surface area contributed by atoms with Gasteiger partial charge in [0, 0.05) is 11.8 Å². The van der Waals surface area contributed by atoms with Gasteiger partial charge in [0.15, 0.2) is 0 Å². The summed E-state index contributed by atoms with van der Waals surface area (Å²) in [5, 5.41) is 11.3. The highest BCUT2D eigenvalue weighted by Crippen LogP contribution is 2.12. The van der Waals surface area contributed by atoms with Crippen LogP contribution in [0.3, 0.4) is 0 Å². The van der Waals surface area contributed by atoms with Gasteiger partial charge in [0.1, 0.15) is 4.60 Å². The highest BCUT2D eigenvalue weighted by Gasteiger charge is 2.08. The maximum Gasteiger partial charge on any atom is 0.309 e. The van der Waals surface area contributed by atoms with Crippen molar-refractivity contribution in [2.24, 2.45) is 0 Å². The van der Waals surface area contributed by atoms with Gasteiger partial charge in [-0.1, -0.05) is 0 Å². The largest absolute Gasteiger partial charge is 0.481 e.